The van der Waals surface area contributed by atoms with E-state index in [1.807, 2.05) is 31.2 Å². The van der Waals surface area contributed by atoms with Gasteiger partial charge >= 0.3 is 0 Å². The van der Waals surface area contributed by atoms with Crippen molar-refractivity contribution in [1.82, 2.24) is 4.31 Å². The molecule has 1 aliphatic rings. The highest BCUT2D eigenvalue weighted by atomic mass is 32.2. The highest BCUT2D eigenvalue weighted by Crippen LogP contribution is 2.25. The van der Waals surface area contributed by atoms with E-state index < -0.39 is 10.0 Å². The Morgan fingerprint density at radius 3 is 2.59 bits per heavy atom. The molecule has 1 aliphatic heterocycles. The van der Waals surface area contributed by atoms with Crippen molar-refractivity contribution < 1.29 is 17.9 Å². The fraction of sp³-hybridized carbons (Fsp3) is 0.318. The maximum absolute atomic E-state index is 12.9. The Hall–Kier alpha value is -2.64. The minimum absolute atomic E-state index is 0.206. The molecule has 0 unspecified atom stereocenters. The van der Waals surface area contributed by atoms with Gasteiger partial charge in [-0.25, -0.2) is 8.42 Å². The molecule has 0 saturated carbocycles. The maximum Gasteiger partial charge on any atom is 0.248 e. The number of nitrogens with zero attached hydrogens (tertiary/aromatic N) is 1. The lowest BCUT2D eigenvalue weighted by atomic mass is 10.2. The van der Waals surface area contributed by atoms with E-state index >= 15 is 0 Å². The van der Waals surface area contributed by atoms with Gasteiger partial charge in [-0.15, -0.1) is 0 Å². The van der Waals surface area contributed by atoms with Crippen LogP contribution in [0.4, 0.5) is 5.69 Å². The number of methoxy groups -OCH3 is 1. The number of hydrogen-bond donors (Lipinski definition) is 1. The smallest absolute Gasteiger partial charge is 0.248 e. The molecular formula is C22H26N2O4S. The second kappa shape index (κ2) is 9.24. The second-order valence-corrected chi connectivity index (χ2v) is 8.98. The normalized spacial score (nSPS) is 15.4. The van der Waals surface area contributed by atoms with Crippen molar-refractivity contribution in [2.24, 2.45) is 0 Å². The van der Waals surface area contributed by atoms with Gasteiger partial charge in [-0.3, -0.25) is 4.79 Å². The number of carbonyl (C=O) groups is 1. The summed E-state index contributed by atoms with van der Waals surface area (Å²) in [6.45, 7) is 2.92. The van der Waals surface area contributed by atoms with Crippen LogP contribution in [0.5, 0.6) is 5.75 Å². The molecule has 1 amide bonds. The molecule has 6 nitrogen and oxygen atoms in total. The highest BCUT2D eigenvalue weighted by Gasteiger charge is 2.26. The molecular weight excluding hydrogens is 388 g/mol. The standard InChI is InChI=1S/C22H26N2O4S/c1-17-9-11-20(29(26,27)24-13-4-3-5-14-24)16-21(17)23-22(25)12-10-18-7-6-8-19(15-18)28-2/h6-12,15-16H,3-5,13-14H2,1-2H3,(H,23,25)/b12-10+. The van der Waals surface area contributed by atoms with Gasteiger partial charge in [0.15, 0.2) is 0 Å². The number of benzene rings is 2. The van der Waals surface area contributed by atoms with Gasteiger partial charge in [-0.2, -0.15) is 4.31 Å². The molecule has 1 N–H and O–H groups in total. The summed E-state index contributed by atoms with van der Waals surface area (Å²) in [6.07, 6.45) is 5.91. The van der Waals surface area contributed by atoms with Crippen molar-refractivity contribution in [2.75, 3.05) is 25.5 Å². The summed E-state index contributed by atoms with van der Waals surface area (Å²) < 4.78 is 32.5. The Bertz CT molecular complexity index is 1010. The third kappa shape index (κ3) is 5.25. The fourth-order valence-corrected chi connectivity index (χ4v) is 4.79. The molecule has 0 atom stereocenters. The zero-order valence-corrected chi connectivity index (χ0v) is 17.5. The third-order valence-electron chi connectivity index (χ3n) is 4.94. The Morgan fingerprint density at radius 1 is 1.10 bits per heavy atom. The summed E-state index contributed by atoms with van der Waals surface area (Å²) in [6, 6.07) is 12.2. The highest BCUT2D eigenvalue weighted by molar-refractivity contribution is 7.89. The van der Waals surface area contributed by atoms with E-state index in [1.54, 1.807) is 25.3 Å². The number of anilines is 1. The van der Waals surface area contributed by atoms with Crippen LogP contribution in [-0.2, 0) is 14.8 Å². The monoisotopic (exact) mass is 414 g/mol. The Labute approximate surface area is 172 Å². The molecule has 2 aromatic rings. The van der Waals surface area contributed by atoms with Gasteiger partial charge < -0.3 is 10.1 Å². The van der Waals surface area contributed by atoms with Gasteiger partial charge in [0.05, 0.1) is 12.0 Å². The van der Waals surface area contributed by atoms with Gasteiger partial charge in [-0.05, 0) is 61.2 Å². The van der Waals surface area contributed by atoms with Gasteiger partial charge in [0.1, 0.15) is 5.75 Å². The maximum atomic E-state index is 12.9. The van der Waals surface area contributed by atoms with E-state index in [4.69, 9.17) is 4.74 Å². The molecule has 1 heterocycles. The van der Waals surface area contributed by atoms with Crippen molar-refractivity contribution >= 4 is 27.7 Å². The van der Waals surface area contributed by atoms with Crippen molar-refractivity contribution in [3.8, 4) is 5.75 Å². The number of carbonyl (C=O) groups excluding carboxylic acids is 1. The van der Waals surface area contributed by atoms with E-state index in [1.165, 1.54) is 16.4 Å². The van der Waals surface area contributed by atoms with Crippen LogP contribution in [0.1, 0.15) is 30.4 Å². The van der Waals surface area contributed by atoms with E-state index in [-0.39, 0.29) is 10.8 Å². The van der Waals surface area contributed by atoms with Crippen molar-refractivity contribution in [3.63, 3.8) is 0 Å². The average Bonchev–Trinajstić information content (AvgIpc) is 2.74. The third-order valence-corrected chi connectivity index (χ3v) is 6.84. The summed E-state index contributed by atoms with van der Waals surface area (Å²) in [7, 11) is -1.96. The van der Waals surface area contributed by atoms with E-state index in [0.29, 0.717) is 24.5 Å². The minimum atomic E-state index is -3.55. The fourth-order valence-electron chi connectivity index (χ4n) is 3.24. The van der Waals surface area contributed by atoms with Crippen LogP contribution in [0.25, 0.3) is 6.08 Å². The van der Waals surface area contributed by atoms with Crippen LogP contribution in [0.2, 0.25) is 0 Å². The molecule has 154 valence electrons. The number of amides is 1. The largest absolute Gasteiger partial charge is 0.497 e. The Balaban J connectivity index is 1.75. The Morgan fingerprint density at radius 2 is 1.86 bits per heavy atom. The molecule has 0 aromatic heterocycles. The number of sulfonamides is 1. The first kappa shape index (κ1) is 21.1. The molecule has 0 spiro atoms. The van der Waals surface area contributed by atoms with Gasteiger partial charge in [-0.1, -0.05) is 24.6 Å². The summed E-state index contributed by atoms with van der Waals surface area (Å²) in [5, 5.41) is 2.78. The quantitative estimate of drug-likeness (QED) is 0.729. The summed E-state index contributed by atoms with van der Waals surface area (Å²) in [4.78, 5) is 12.6. The number of rotatable bonds is 6. The number of aryl methyl sites for hydroxylation is 1. The summed E-state index contributed by atoms with van der Waals surface area (Å²) in [5.74, 6) is 0.377. The lowest BCUT2D eigenvalue weighted by molar-refractivity contribution is -0.111. The lowest BCUT2D eigenvalue weighted by Crippen LogP contribution is -2.35. The SMILES string of the molecule is COc1cccc(/C=C/C(=O)Nc2cc(S(=O)(=O)N3CCCCC3)ccc2C)c1. The topological polar surface area (TPSA) is 75.7 Å². The first-order valence-electron chi connectivity index (χ1n) is 9.64. The molecule has 1 saturated heterocycles. The molecule has 29 heavy (non-hydrogen) atoms. The molecule has 2 aromatic carbocycles. The lowest BCUT2D eigenvalue weighted by Gasteiger charge is -2.26. The van der Waals surface area contributed by atoms with Crippen LogP contribution in [0.15, 0.2) is 53.4 Å². The molecule has 0 aliphatic carbocycles. The van der Waals surface area contributed by atoms with E-state index in [0.717, 1.165) is 30.4 Å². The number of hydrogen-bond acceptors (Lipinski definition) is 4. The van der Waals surface area contributed by atoms with Crippen LogP contribution in [0.3, 0.4) is 0 Å². The number of ether oxygens (including phenoxy) is 1. The number of nitrogens with one attached hydrogen (secondary N) is 1. The van der Waals surface area contributed by atoms with Crippen molar-refractivity contribution in [3.05, 3.63) is 59.7 Å². The van der Waals surface area contributed by atoms with Crippen LogP contribution >= 0.6 is 0 Å². The van der Waals surface area contributed by atoms with Gasteiger partial charge in [0.25, 0.3) is 0 Å². The predicted molar refractivity (Wildman–Crippen MR) is 114 cm³/mol. The first-order valence-corrected chi connectivity index (χ1v) is 11.1. The summed E-state index contributed by atoms with van der Waals surface area (Å²) in [5.41, 5.74) is 2.12. The van der Waals surface area contributed by atoms with Crippen molar-refractivity contribution in [1.29, 1.82) is 0 Å². The predicted octanol–water partition coefficient (Wildman–Crippen LogP) is 3.83. The van der Waals surface area contributed by atoms with E-state index in [2.05, 4.69) is 5.32 Å². The van der Waals surface area contributed by atoms with Crippen molar-refractivity contribution in [2.45, 2.75) is 31.1 Å². The number of piperidine rings is 1. The van der Waals surface area contributed by atoms with Crippen LogP contribution < -0.4 is 10.1 Å². The van der Waals surface area contributed by atoms with Gasteiger partial charge in [0, 0.05) is 24.9 Å². The minimum Gasteiger partial charge on any atom is -0.497 e. The van der Waals surface area contributed by atoms with E-state index in [9.17, 15) is 13.2 Å². The summed E-state index contributed by atoms with van der Waals surface area (Å²) >= 11 is 0. The second-order valence-electron chi connectivity index (χ2n) is 7.04. The molecule has 0 radical (unpaired) electrons. The van der Waals surface area contributed by atoms with Gasteiger partial charge in [0.2, 0.25) is 15.9 Å². The van der Waals surface area contributed by atoms with Crippen LogP contribution in [0, 0.1) is 6.92 Å². The molecule has 7 heteroatoms. The first-order chi connectivity index (χ1) is 13.9. The zero-order chi connectivity index (χ0) is 20.9. The molecule has 1 fully saturated rings. The average molecular weight is 415 g/mol. The molecule has 0 bridgehead atoms. The molecule has 3 rings (SSSR count). The Kier molecular flexibility index (Phi) is 6.71. The van der Waals surface area contributed by atoms with Crippen LogP contribution in [-0.4, -0.2) is 38.8 Å². The zero-order valence-electron chi connectivity index (χ0n) is 16.7.